The highest BCUT2D eigenvalue weighted by molar-refractivity contribution is 5.47. The van der Waals surface area contributed by atoms with Gasteiger partial charge in [0.15, 0.2) is 11.5 Å². The molecule has 0 heterocycles. The number of hydrogen-bond acceptors (Lipinski definition) is 3. The van der Waals surface area contributed by atoms with Gasteiger partial charge in [0.05, 0.1) is 7.11 Å². The molecule has 0 bridgehead atoms. The molecular weight excluding hydrogens is 269 g/mol. The number of ether oxygens (including phenoxy) is 2. The second-order valence-electron chi connectivity index (χ2n) is 5.15. The van der Waals surface area contributed by atoms with E-state index in [1.54, 1.807) is 19.2 Å². The van der Waals surface area contributed by atoms with E-state index >= 15 is 0 Å². The second kappa shape index (κ2) is 6.59. The summed E-state index contributed by atoms with van der Waals surface area (Å²) in [4.78, 5) is 0. The van der Waals surface area contributed by atoms with E-state index in [-0.39, 0.29) is 11.9 Å². The van der Waals surface area contributed by atoms with Gasteiger partial charge in [-0.25, -0.2) is 4.39 Å². The topological polar surface area (TPSA) is 44.5 Å². The number of aryl methyl sites for hydroxylation is 1. The van der Waals surface area contributed by atoms with Crippen LogP contribution in [0.25, 0.3) is 0 Å². The van der Waals surface area contributed by atoms with Crippen molar-refractivity contribution in [3.63, 3.8) is 0 Å². The van der Waals surface area contributed by atoms with E-state index < -0.39 is 0 Å². The third kappa shape index (κ3) is 3.73. The van der Waals surface area contributed by atoms with Crippen molar-refractivity contribution in [1.82, 2.24) is 0 Å². The maximum Gasteiger partial charge on any atom is 0.169 e. The Hall–Kier alpha value is -2.07. The van der Waals surface area contributed by atoms with Gasteiger partial charge in [-0.3, -0.25) is 0 Å². The van der Waals surface area contributed by atoms with Crippen LogP contribution in [-0.2, 0) is 6.42 Å². The van der Waals surface area contributed by atoms with Gasteiger partial charge in [-0.15, -0.1) is 0 Å². The molecule has 21 heavy (non-hydrogen) atoms. The summed E-state index contributed by atoms with van der Waals surface area (Å²) in [5.41, 5.74) is 7.33. The van der Waals surface area contributed by atoms with Crippen LogP contribution >= 0.6 is 0 Å². The van der Waals surface area contributed by atoms with E-state index in [9.17, 15) is 4.39 Å². The largest absolute Gasteiger partial charge is 0.493 e. The van der Waals surface area contributed by atoms with Crippen LogP contribution in [0.5, 0.6) is 17.2 Å². The van der Waals surface area contributed by atoms with Crippen molar-refractivity contribution in [2.24, 2.45) is 5.73 Å². The Morgan fingerprint density at radius 2 is 1.90 bits per heavy atom. The summed E-state index contributed by atoms with van der Waals surface area (Å²) in [5, 5.41) is 0. The van der Waals surface area contributed by atoms with E-state index in [0.29, 0.717) is 29.2 Å². The van der Waals surface area contributed by atoms with E-state index in [1.807, 2.05) is 32.0 Å². The van der Waals surface area contributed by atoms with Gasteiger partial charge >= 0.3 is 0 Å². The van der Waals surface area contributed by atoms with Crippen LogP contribution in [0, 0.1) is 12.7 Å². The van der Waals surface area contributed by atoms with Crippen LogP contribution in [-0.4, -0.2) is 13.2 Å². The number of methoxy groups -OCH3 is 1. The number of hydrogen-bond donors (Lipinski definition) is 1. The highest BCUT2D eigenvalue weighted by Crippen LogP contribution is 2.34. The molecule has 2 N–H and O–H groups in total. The molecule has 0 amide bonds. The molecule has 0 aliphatic rings. The van der Waals surface area contributed by atoms with Crippen molar-refractivity contribution in [3.05, 3.63) is 53.3 Å². The van der Waals surface area contributed by atoms with Gasteiger partial charge in [0, 0.05) is 11.6 Å². The smallest absolute Gasteiger partial charge is 0.169 e. The molecule has 1 atom stereocenters. The van der Waals surface area contributed by atoms with Crippen LogP contribution in [0.4, 0.5) is 4.39 Å². The van der Waals surface area contributed by atoms with Crippen molar-refractivity contribution in [3.8, 4) is 17.2 Å². The molecule has 2 aromatic carbocycles. The van der Waals surface area contributed by atoms with Gasteiger partial charge in [0.1, 0.15) is 11.6 Å². The van der Waals surface area contributed by atoms with Crippen LogP contribution in [0.2, 0.25) is 0 Å². The van der Waals surface area contributed by atoms with Crippen molar-refractivity contribution in [2.75, 3.05) is 7.11 Å². The maximum absolute atomic E-state index is 14.0. The van der Waals surface area contributed by atoms with Crippen LogP contribution in [0.3, 0.4) is 0 Å². The minimum Gasteiger partial charge on any atom is -0.493 e. The molecule has 0 radical (unpaired) electrons. The lowest BCUT2D eigenvalue weighted by atomic mass is 10.1. The van der Waals surface area contributed by atoms with Crippen molar-refractivity contribution >= 4 is 0 Å². The zero-order chi connectivity index (χ0) is 15.4. The van der Waals surface area contributed by atoms with Crippen molar-refractivity contribution < 1.29 is 13.9 Å². The third-order valence-corrected chi connectivity index (χ3v) is 3.14. The summed E-state index contributed by atoms with van der Waals surface area (Å²) in [7, 11) is 1.58. The fourth-order valence-electron chi connectivity index (χ4n) is 2.13. The Kier molecular flexibility index (Phi) is 4.81. The van der Waals surface area contributed by atoms with Gasteiger partial charge < -0.3 is 15.2 Å². The van der Waals surface area contributed by atoms with Gasteiger partial charge in [-0.05, 0) is 50.1 Å². The van der Waals surface area contributed by atoms with Crippen molar-refractivity contribution in [1.29, 1.82) is 0 Å². The zero-order valence-electron chi connectivity index (χ0n) is 12.5. The first-order chi connectivity index (χ1) is 10.0. The molecular formula is C17H20FNO2. The lowest BCUT2D eigenvalue weighted by molar-refractivity contribution is 0.375. The summed E-state index contributed by atoms with van der Waals surface area (Å²) in [6, 6.07) is 10.2. The molecule has 0 aliphatic carbocycles. The van der Waals surface area contributed by atoms with Crippen LogP contribution < -0.4 is 15.2 Å². The highest BCUT2D eigenvalue weighted by Gasteiger charge is 2.14. The number of benzene rings is 2. The Labute approximate surface area is 124 Å². The number of halogens is 1. The van der Waals surface area contributed by atoms with E-state index in [1.165, 1.54) is 6.07 Å². The molecule has 3 nitrogen and oxygen atoms in total. The quantitative estimate of drug-likeness (QED) is 0.910. The van der Waals surface area contributed by atoms with Crippen LogP contribution in [0.15, 0.2) is 36.4 Å². The Morgan fingerprint density at radius 1 is 1.14 bits per heavy atom. The van der Waals surface area contributed by atoms with Gasteiger partial charge in [-0.1, -0.05) is 12.1 Å². The highest BCUT2D eigenvalue weighted by atomic mass is 19.1. The normalized spacial score (nSPS) is 12.0. The molecule has 2 rings (SSSR count). The predicted octanol–water partition coefficient (Wildman–Crippen LogP) is 3.82. The first-order valence-electron chi connectivity index (χ1n) is 6.86. The molecule has 0 saturated heterocycles. The Bertz CT molecular complexity index is 626. The monoisotopic (exact) mass is 289 g/mol. The maximum atomic E-state index is 14.0. The molecule has 4 heteroatoms. The minimum atomic E-state index is -0.309. The average Bonchev–Trinajstić information content (AvgIpc) is 2.44. The Morgan fingerprint density at radius 3 is 2.57 bits per heavy atom. The molecule has 0 aliphatic heterocycles. The van der Waals surface area contributed by atoms with Gasteiger partial charge in [0.25, 0.3) is 0 Å². The molecule has 0 spiro atoms. The summed E-state index contributed by atoms with van der Waals surface area (Å²) in [6.07, 6.45) is 0.413. The molecule has 1 unspecified atom stereocenters. The van der Waals surface area contributed by atoms with Crippen molar-refractivity contribution in [2.45, 2.75) is 26.3 Å². The summed E-state index contributed by atoms with van der Waals surface area (Å²) in [5.74, 6) is 1.33. The van der Waals surface area contributed by atoms with Gasteiger partial charge in [-0.2, -0.15) is 0 Å². The summed E-state index contributed by atoms with van der Waals surface area (Å²) >= 11 is 0. The minimum absolute atomic E-state index is 0.149. The number of rotatable bonds is 5. The Balaban J connectivity index is 2.37. The number of nitrogens with two attached hydrogens (primary N) is 1. The van der Waals surface area contributed by atoms with Crippen LogP contribution in [0.1, 0.15) is 18.1 Å². The van der Waals surface area contributed by atoms with E-state index in [0.717, 1.165) is 5.56 Å². The third-order valence-electron chi connectivity index (χ3n) is 3.14. The summed E-state index contributed by atoms with van der Waals surface area (Å²) in [6.45, 7) is 3.80. The van der Waals surface area contributed by atoms with E-state index in [4.69, 9.17) is 15.2 Å². The lowest BCUT2D eigenvalue weighted by Gasteiger charge is -2.15. The zero-order valence-corrected chi connectivity index (χ0v) is 12.5. The fraction of sp³-hybridized carbons (Fsp3) is 0.294. The molecule has 112 valence electrons. The first-order valence-corrected chi connectivity index (χ1v) is 6.86. The standard InChI is InChI=1S/C17H20FNO2/c1-11-7-8-16(17(9-11)20-3)21-15-6-4-5-14(18)13(15)10-12(2)19/h4-9,12H,10,19H2,1-3H3. The predicted molar refractivity (Wildman–Crippen MR) is 81.6 cm³/mol. The lowest BCUT2D eigenvalue weighted by Crippen LogP contribution is -2.19. The average molecular weight is 289 g/mol. The first kappa shape index (κ1) is 15.3. The fourth-order valence-corrected chi connectivity index (χ4v) is 2.13. The SMILES string of the molecule is COc1cc(C)ccc1Oc1cccc(F)c1CC(C)N. The summed E-state index contributed by atoms with van der Waals surface area (Å²) < 4.78 is 25.1. The molecule has 0 saturated carbocycles. The second-order valence-corrected chi connectivity index (χ2v) is 5.15. The molecule has 2 aromatic rings. The molecule has 0 fully saturated rings. The van der Waals surface area contributed by atoms with Gasteiger partial charge in [0.2, 0.25) is 0 Å². The molecule has 0 aromatic heterocycles. The van der Waals surface area contributed by atoms with E-state index in [2.05, 4.69) is 0 Å².